The molecule has 0 radical (unpaired) electrons. The molecule has 0 atom stereocenters. The van der Waals surface area contributed by atoms with Crippen LogP contribution >= 0.6 is 23.2 Å². The van der Waals surface area contributed by atoms with Gasteiger partial charge < -0.3 is 9.88 Å². The number of hydrogen-bond acceptors (Lipinski definition) is 1. The highest BCUT2D eigenvalue weighted by atomic mass is 35.5. The maximum Gasteiger partial charge on any atom is 0.272 e. The lowest BCUT2D eigenvalue weighted by molar-refractivity contribution is 0.102. The SMILES string of the molecule is Cn1c(C(=O)Nc2cc(Cl)cc(Cl)c2)cc2ccc(F)cc21. The van der Waals surface area contributed by atoms with Gasteiger partial charge >= 0.3 is 0 Å². The maximum absolute atomic E-state index is 13.3. The predicted octanol–water partition coefficient (Wildman–Crippen LogP) is 4.88. The third kappa shape index (κ3) is 2.80. The van der Waals surface area contributed by atoms with E-state index in [1.807, 2.05) is 0 Å². The van der Waals surface area contributed by atoms with E-state index in [9.17, 15) is 9.18 Å². The summed E-state index contributed by atoms with van der Waals surface area (Å²) in [5.74, 6) is -0.667. The zero-order valence-electron chi connectivity index (χ0n) is 11.5. The van der Waals surface area contributed by atoms with E-state index in [-0.39, 0.29) is 11.7 Å². The summed E-state index contributed by atoms with van der Waals surface area (Å²) in [6, 6.07) is 10.9. The first kappa shape index (κ1) is 14.9. The van der Waals surface area contributed by atoms with E-state index in [1.54, 1.807) is 41.9 Å². The largest absolute Gasteiger partial charge is 0.340 e. The van der Waals surface area contributed by atoms with Gasteiger partial charge in [0.2, 0.25) is 0 Å². The minimum atomic E-state index is -0.345. The van der Waals surface area contributed by atoms with Gasteiger partial charge in [0.25, 0.3) is 5.91 Å². The number of aryl methyl sites for hydroxylation is 1. The number of fused-ring (bicyclic) bond motifs is 1. The van der Waals surface area contributed by atoms with Crippen LogP contribution in [0.5, 0.6) is 0 Å². The minimum absolute atomic E-state index is 0.322. The van der Waals surface area contributed by atoms with E-state index in [0.717, 1.165) is 5.39 Å². The summed E-state index contributed by atoms with van der Waals surface area (Å²) in [4.78, 5) is 12.4. The molecular weight excluding hydrogens is 326 g/mol. The summed E-state index contributed by atoms with van der Waals surface area (Å²) in [5, 5.41) is 4.39. The molecule has 1 heterocycles. The Kier molecular flexibility index (Phi) is 3.81. The molecule has 0 bridgehead atoms. The van der Waals surface area contributed by atoms with Crippen LogP contribution in [0.15, 0.2) is 42.5 Å². The van der Waals surface area contributed by atoms with Crippen molar-refractivity contribution in [3.63, 3.8) is 0 Å². The summed E-state index contributed by atoms with van der Waals surface area (Å²) in [6.45, 7) is 0. The standard InChI is InChI=1S/C16H11Cl2FN2O/c1-21-14-8-12(19)3-2-9(14)4-15(21)16(22)20-13-6-10(17)5-11(18)7-13/h2-8H,1H3,(H,20,22). The highest BCUT2D eigenvalue weighted by Crippen LogP contribution is 2.24. The second-order valence-corrected chi connectivity index (χ2v) is 5.78. The molecule has 0 fully saturated rings. The van der Waals surface area contributed by atoms with Crippen molar-refractivity contribution in [2.45, 2.75) is 0 Å². The molecule has 1 amide bonds. The third-order valence-electron chi connectivity index (χ3n) is 3.36. The van der Waals surface area contributed by atoms with E-state index >= 15 is 0 Å². The Bertz CT molecular complexity index is 869. The van der Waals surface area contributed by atoms with Crippen molar-refractivity contribution in [1.82, 2.24) is 4.57 Å². The lowest BCUT2D eigenvalue weighted by Crippen LogP contribution is -2.15. The number of benzene rings is 2. The van der Waals surface area contributed by atoms with Gasteiger partial charge in [-0.1, -0.05) is 23.2 Å². The molecule has 3 aromatic rings. The lowest BCUT2D eigenvalue weighted by atomic mass is 10.2. The van der Waals surface area contributed by atoms with Gasteiger partial charge in [-0.3, -0.25) is 4.79 Å². The fourth-order valence-electron chi connectivity index (χ4n) is 2.34. The summed E-state index contributed by atoms with van der Waals surface area (Å²) in [5.41, 5.74) is 1.56. The monoisotopic (exact) mass is 336 g/mol. The zero-order chi connectivity index (χ0) is 15.9. The normalized spacial score (nSPS) is 10.9. The fourth-order valence-corrected chi connectivity index (χ4v) is 2.87. The molecule has 3 nitrogen and oxygen atoms in total. The summed E-state index contributed by atoms with van der Waals surface area (Å²) >= 11 is 11.8. The van der Waals surface area contributed by atoms with Gasteiger partial charge in [-0.25, -0.2) is 4.39 Å². The predicted molar refractivity (Wildman–Crippen MR) is 87.3 cm³/mol. The summed E-state index contributed by atoms with van der Waals surface area (Å²) in [6.07, 6.45) is 0. The molecule has 112 valence electrons. The van der Waals surface area contributed by atoms with Crippen molar-refractivity contribution in [3.05, 3.63) is 64.0 Å². The van der Waals surface area contributed by atoms with Crippen LogP contribution in [0, 0.1) is 5.82 Å². The number of hydrogen-bond donors (Lipinski definition) is 1. The number of carbonyl (C=O) groups is 1. The van der Waals surface area contributed by atoms with Crippen molar-refractivity contribution in [1.29, 1.82) is 0 Å². The minimum Gasteiger partial charge on any atom is -0.340 e. The van der Waals surface area contributed by atoms with Crippen LogP contribution in [0.3, 0.4) is 0 Å². The molecule has 22 heavy (non-hydrogen) atoms. The van der Waals surface area contributed by atoms with E-state index in [0.29, 0.717) is 26.9 Å². The van der Waals surface area contributed by atoms with Gasteiger partial charge in [-0.2, -0.15) is 0 Å². The number of amides is 1. The van der Waals surface area contributed by atoms with Crippen LogP contribution in [0.2, 0.25) is 10.0 Å². The summed E-state index contributed by atoms with van der Waals surface area (Å²) < 4.78 is 15.0. The molecule has 2 aromatic carbocycles. The Balaban J connectivity index is 1.96. The first-order valence-electron chi connectivity index (χ1n) is 6.46. The average Bonchev–Trinajstić information content (AvgIpc) is 2.75. The van der Waals surface area contributed by atoms with Crippen LogP contribution in [0.1, 0.15) is 10.5 Å². The number of nitrogens with one attached hydrogen (secondary N) is 1. The molecule has 0 saturated heterocycles. The Labute approximate surface area is 136 Å². The molecule has 0 spiro atoms. The van der Waals surface area contributed by atoms with Crippen LogP contribution in [0.25, 0.3) is 10.9 Å². The Morgan fingerprint density at radius 3 is 2.45 bits per heavy atom. The van der Waals surface area contributed by atoms with Gasteiger partial charge in [0.15, 0.2) is 0 Å². The van der Waals surface area contributed by atoms with Crippen molar-refractivity contribution < 1.29 is 9.18 Å². The summed E-state index contributed by atoms with van der Waals surface area (Å²) in [7, 11) is 1.71. The molecule has 0 aliphatic heterocycles. The first-order chi connectivity index (χ1) is 10.4. The highest BCUT2D eigenvalue weighted by molar-refractivity contribution is 6.35. The van der Waals surface area contributed by atoms with Gasteiger partial charge in [-0.05, 0) is 42.5 Å². The molecule has 0 aliphatic rings. The van der Waals surface area contributed by atoms with Gasteiger partial charge in [-0.15, -0.1) is 0 Å². The van der Waals surface area contributed by atoms with E-state index in [1.165, 1.54) is 12.1 Å². The zero-order valence-corrected chi connectivity index (χ0v) is 13.0. The number of halogens is 3. The lowest BCUT2D eigenvalue weighted by Gasteiger charge is -2.07. The van der Waals surface area contributed by atoms with E-state index in [4.69, 9.17) is 23.2 Å². The second kappa shape index (κ2) is 5.63. The molecular formula is C16H11Cl2FN2O. The van der Waals surface area contributed by atoms with Crippen molar-refractivity contribution >= 4 is 45.7 Å². The Morgan fingerprint density at radius 2 is 1.77 bits per heavy atom. The van der Waals surface area contributed by atoms with E-state index in [2.05, 4.69) is 5.32 Å². The molecule has 0 saturated carbocycles. The maximum atomic E-state index is 13.3. The topological polar surface area (TPSA) is 34.0 Å². The van der Waals surface area contributed by atoms with Gasteiger partial charge in [0.1, 0.15) is 11.5 Å². The Hall–Kier alpha value is -2.04. The number of carbonyl (C=O) groups excluding carboxylic acids is 1. The molecule has 6 heteroatoms. The van der Waals surface area contributed by atoms with Crippen LogP contribution in [0.4, 0.5) is 10.1 Å². The Morgan fingerprint density at radius 1 is 1.09 bits per heavy atom. The quantitative estimate of drug-likeness (QED) is 0.711. The van der Waals surface area contributed by atoms with Crippen molar-refractivity contribution in [2.75, 3.05) is 5.32 Å². The van der Waals surface area contributed by atoms with Crippen LogP contribution in [-0.4, -0.2) is 10.5 Å². The average molecular weight is 337 g/mol. The molecule has 0 aliphatic carbocycles. The van der Waals surface area contributed by atoms with Crippen LogP contribution < -0.4 is 5.32 Å². The second-order valence-electron chi connectivity index (χ2n) is 4.90. The molecule has 1 aromatic heterocycles. The molecule has 0 unspecified atom stereocenters. The molecule has 1 N–H and O–H groups in total. The van der Waals surface area contributed by atoms with Crippen LogP contribution in [-0.2, 0) is 7.05 Å². The molecule has 3 rings (SSSR count). The van der Waals surface area contributed by atoms with Crippen molar-refractivity contribution in [2.24, 2.45) is 7.05 Å². The van der Waals surface area contributed by atoms with Gasteiger partial charge in [0.05, 0.1) is 5.52 Å². The number of anilines is 1. The smallest absolute Gasteiger partial charge is 0.272 e. The number of nitrogens with zero attached hydrogens (tertiary/aromatic N) is 1. The number of rotatable bonds is 2. The van der Waals surface area contributed by atoms with E-state index < -0.39 is 0 Å². The van der Waals surface area contributed by atoms with Gasteiger partial charge in [0, 0.05) is 28.2 Å². The first-order valence-corrected chi connectivity index (χ1v) is 7.22. The highest BCUT2D eigenvalue weighted by Gasteiger charge is 2.14. The van der Waals surface area contributed by atoms with Crippen molar-refractivity contribution in [3.8, 4) is 0 Å². The third-order valence-corrected chi connectivity index (χ3v) is 3.80. The number of aromatic nitrogens is 1. The fraction of sp³-hybridized carbons (Fsp3) is 0.0625.